The zero-order chi connectivity index (χ0) is 15.8. The Morgan fingerprint density at radius 1 is 1.43 bits per heavy atom. The molecule has 0 fully saturated rings. The Bertz CT molecular complexity index is 570. The molecule has 0 saturated heterocycles. The van der Waals surface area contributed by atoms with E-state index < -0.39 is 35.1 Å². The van der Waals surface area contributed by atoms with Crippen LogP contribution in [0.2, 0.25) is 0 Å². The van der Waals surface area contributed by atoms with Crippen LogP contribution in [0.5, 0.6) is 0 Å². The van der Waals surface area contributed by atoms with Crippen LogP contribution in [0, 0.1) is 23.0 Å². The molecule has 1 aromatic rings. The number of nitrogens with zero attached hydrogens (tertiary/aromatic N) is 1. The minimum Gasteiger partial charge on any atom is -0.467 e. The molecular weight excluding hydrogens is 282 g/mol. The largest absolute Gasteiger partial charge is 0.467 e. The van der Waals surface area contributed by atoms with Crippen LogP contribution in [0.3, 0.4) is 0 Å². The van der Waals surface area contributed by atoms with Gasteiger partial charge in [-0.1, -0.05) is 6.07 Å². The summed E-state index contributed by atoms with van der Waals surface area (Å²) in [6, 6.07) is 4.08. The van der Waals surface area contributed by atoms with Crippen molar-refractivity contribution in [2.24, 2.45) is 0 Å². The van der Waals surface area contributed by atoms with Crippen molar-refractivity contribution in [3.63, 3.8) is 0 Å². The molecule has 0 aliphatic carbocycles. The van der Waals surface area contributed by atoms with Gasteiger partial charge in [-0.25, -0.2) is 13.6 Å². The maximum absolute atomic E-state index is 13.5. The quantitative estimate of drug-likeness (QED) is 0.642. The van der Waals surface area contributed by atoms with Crippen LogP contribution in [0.1, 0.15) is 29.6 Å². The van der Waals surface area contributed by atoms with Gasteiger partial charge >= 0.3 is 5.97 Å². The third-order valence-electron chi connectivity index (χ3n) is 2.77. The highest BCUT2D eigenvalue weighted by Crippen LogP contribution is 2.12. The number of methoxy groups -OCH3 is 1. The molecule has 112 valence electrons. The van der Waals surface area contributed by atoms with Crippen LogP contribution in [0.25, 0.3) is 0 Å². The van der Waals surface area contributed by atoms with Crippen molar-refractivity contribution in [2.45, 2.75) is 25.3 Å². The van der Waals surface area contributed by atoms with Crippen molar-refractivity contribution >= 4 is 11.9 Å². The molecule has 0 unspecified atom stereocenters. The fourth-order valence-electron chi connectivity index (χ4n) is 1.69. The third-order valence-corrected chi connectivity index (χ3v) is 2.77. The number of carbonyl (C=O) groups is 2. The van der Waals surface area contributed by atoms with Gasteiger partial charge in [0.2, 0.25) is 0 Å². The topological polar surface area (TPSA) is 79.2 Å². The monoisotopic (exact) mass is 296 g/mol. The molecule has 0 heterocycles. The number of halogens is 2. The number of hydrogen-bond donors (Lipinski definition) is 1. The van der Waals surface area contributed by atoms with Crippen molar-refractivity contribution in [3.05, 3.63) is 35.4 Å². The average molecular weight is 296 g/mol. The minimum atomic E-state index is -1.28. The zero-order valence-electron chi connectivity index (χ0n) is 11.4. The Morgan fingerprint density at radius 2 is 2.14 bits per heavy atom. The molecule has 0 aliphatic heterocycles. The molecule has 1 N–H and O–H groups in total. The molecule has 1 atom stereocenters. The highest BCUT2D eigenvalue weighted by molar-refractivity contribution is 5.97. The fourth-order valence-corrected chi connectivity index (χ4v) is 1.69. The Morgan fingerprint density at radius 3 is 2.76 bits per heavy atom. The minimum absolute atomic E-state index is 0.170. The number of ether oxygens (including phenoxy) is 1. The molecule has 0 aliphatic rings. The summed E-state index contributed by atoms with van der Waals surface area (Å²) in [5.41, 5.74) is -0.496. The van der Waals surface area contributed by atoms with Gasteiger partial charge in [0.25, 0.3) is 5.91 Å². The number of carbonyl (C=O) groups excluding carboxylic acids is 2. The van der Waals surface area contributed by atoms with Crippen LogP contribution < -0.4 is 5.32 Å². The molecule has 0 spiro atoms. The standard InChI is InChI=1S/C14H14F2N2O3/c1-21-14(20)11(7-2-3-8-17)18-13(19)9-5-4-6-10(15)12(9)16/h4-6,11H,2-3,7H2,1H3,(H,18,19)/t11-/m0/s1. The van der Waals surface area contributed by atoms with Crippen molar-refractivity contribution in [1.29, 1.82) is 5.26 Å². The number of esters is 1. The second-order valence-electron chi connectivity index (χ2n) is 4.20. The van der Waals surface area contributed by atoms with E-state index in [1.807, 2.05) is 6.07 Å². The summed E-state index contributed by atoms with van der Waals surface area (Å²) >= 11 is 0. The lowest BCUT2D eigenvalue weighted by Gasteiger charge is -2.16. The van der Waals surface area contributed by atoms with Gasteiger partial charge in [-0.15, -0.1) is 0 Å². The number of amides is 1. The number of hydrogen-bond acceptors (Lipinski definition) is 4. The van der Waals surface area contributed by atoms with Gasteiger partial charge in [-0.3, -0.25) is 4.79 Å². The number of unbranched alkanes of at least 4 members (excludes halogenated alkanes) is 1. The SMILES string of the molecule is COC(=O)[C@H](CCCC#N)NC(=O)c1cccc(F)c1F. The molecule has 5 nitrogen and oxygen atoms in total. The first-order chi connectivity index (χ1) is 10.0. The smallest absolute Gasteiger partial charge is 0.328 e. The summed E-state index contributed by atoms with van der Waals surface area (Å²) in [6.07, 6.45) is 0.739. The van der Waals surface area contributed by atoms with Gasteiger partial charge in [0.15, 0.2) is 11.6 Å². The number of rotatable bonds is 6. The maximum Gasteiger partial charge on any atom is 0.328 e. The van der Waals surface area contributed by atoms with Crippen molar-refractivity contribution in [2.75, 3.05) is 7.11 Å². The average Bonchev–Trinajstić information content (AvgIpc) is 2.48. The molecule has 1 aromatic carbocycles. The molecular formula is C14H14F2N2O3. The summed E-state index contributed by atoms with van der Waals surface area (Å²) in [4.78, 5) is 23.4. The fraction of sp³-hybridized carbons (Fsp3) is 0.357. The normalized spacial score (nSPS) is 11.3. The Labute approximate surface area is 120 Å². The molecule has 7 heteroatoms. The lowest BCUT2D eigenvalue weighted by atomic mass is 10.1. The lowest BCUT2D eigenvalue weighted by molar-refractivity contribution is -0.143. The number of nitrogens with one attached hydrogen (secondary N) is 1. The summed E-state index contributed by atoms with van der Waals surface area (Å²) in [6.45, 7) is 0. The van der Waals surface area contributed by atoms with Crippen LogP contribution in [-0.2, 0) is 9.53 Å². The van der Waals surface area contributed by atoms with Gasteiger partial charge in [0.1, 0.15) is 6.04 Å². The van der Waals surface area contributed by atoms with E-state index in [2.05, 4.69) is 10.1 Å². The van der Waals surface area contributed by atoms with E-state index in [0.717, 1.165) is 19.2 Å². The highest BCUT2D eigenvalue weighted by Gasteiger charge is 2.23. The van der Waals surface area contributed by atoms with Gasteiger partial charge in [0, 0.05) is 6.42 Å². The van der Waals surface area contributed by atoms with E-state index in [9.17, 15) is 18.4 Å². The molecule has 0 saturated carbocycles. The highest BCUT2D eigenvalue weighted by atomic mass is 19.2. The summed E-state index contributed by atoms with van der Waals surface area (Å²) in [5, 5.41) is 10.7. The van der Waals surface area contributed by atoms with Gasteiger partial charge in [0.05, 0.1) is 18.7 Å². The Hall–Kier alpha value is -2.49. The van der Waals surface area contributed by atoms with E-state index in [1.54, 1.807) is 0 Å². The summed E-state index contributed by atoms with van der Waals surface area (Å²) in [7, 11) is 1.15. The third kappa shape index (κ3) is 4.53. The lowest BCUT2D eigenvalue weighted by Crippen LogP contribution is -2.41. The number of benzene rings is 1. The van der Waals surface area contributed by atoms with E-state index >= 15 is 0 Å². The van der Waals surface area contributed by atoms with Gasteiger partial charge in [-0.2, -0.15) is 5.26 Å². The first kappa shape index (κ1) is 16.6. The predicted octanol–water partition coefficient (Wildman–Crippen LogP) is 1.93. The molecule has 21 heavy (non-hydrogen) atoms. The van der Waals surface area contributed by atoms with Gasteiger partial charge in [-0.05, 0) is 25.0 Å². The number of nitriles is 1. The van der Waals surface area contributed by atoms with Crippen molar-refractivity contribution in [1.82, 2.24) is 5.32 Å². The molecule has 0 radical (unpaired) electrons. The zero-order valence-corrected chi connectivity index (χ0v) is 11.4. The van der Waals surface area contributed by atoms with E-state index in [-0.39, 0.29) is 12.8 Å². The predicted molar refractivity (Wildman–Crippen MR) is 69.1 cm³/mol. The molecule has 1 amide bonds. The summed E-state index contributed by atoms with van der Waals surface area (Å²) in [5.74, 6) is -4.06. The van der Waals surface area contributed by atoms with Crippen LogP contribution in [-0.4, -0.2) is 25.0 Å². The Balaban J connectivity index is 2.82. The first-order valence-corrected chi connectivity index (χ1v) is 6.21. The maximum atomic E-state index is 13.5. The van der Waals surface area contributed by atoms with Crippen LogP contribution in [0.15, 0.2) is 18.2 Å². The summed E-state index contributed by atoms with van der Waals surface area (Å²) < 4.78 is 31.1. The molecule has 0 bridgehead atoms. The first-order valence-electron chi connectivity index (χ1n) is 6.21. The second kappa shape index (κ2) is 7.94. The van der Waals surface area contributed by atoms with E-state index in [1.165, 1.54) is 6.07 Å². The van der Waals surface area contributed by atoms with Crippen LogP contribution in [0.4, 0.5) is 8.78 Å². The second-order valence-corrected chi connectivity index (χ2v) is 4.20. The van der Waals surface area contributed by atoms with Crippen molar-refractivity contribution in [3.8, 4) is 6.07 Å². The molecule has 0 aromatic heterocycles. The van der Waals surface area contributed by atoms with Crippen LogP contribution >= 0.6 is 0 Å². The van der Waals surface area contributed by atoms with E-state index in [0.29, 0.717) is 6.42 Å². The van der Waals surface area contributed by atoms with Gasteiger partial charge < -0.3 is 10.1 Å². The van der Waals surface area contributed by atoms with E-state index in [4.69, 9.17) is 5.26 Å². The van der Waals surface area contributed by atoms with Crippen molar-refractivity contribution < 1.29 is 23.1 Å². The molecule has 1 rings (SSSR count). The Kier molecular flexibility index (Phi) is 6.27.